The van der Waals surface area contributed by atoms with Crippen molar-refractivity contribution < 1.29 is 14.1 Å². The molecule has 1 aromatic carbocycles. The zero-order chi connectivity index (χ0) is 23.7. The van der Waals surface area contributed by atoms with Crippen molar-refractivity contribution in [3.05, 3.63) is 46.8 Å². The van der Waals surface area contributed by atoms with E-state index < -0.39 is 11.7 Å². The number of guanidine groups is 1. The molecule has 0 aliphatic rings. The van der Waals surface area contributed by atoms with Crippen LogP contribution in [-0.2, 0) is 11.2 Å². The molecule has 0 aliphatic heterocycles. The van der Waals surface area contributed by atoms with Gasteiger partial charge in [0.1, 0.15) is 11.4 Å². The average molecular weight is 444 g/mol. The molecule has 176 valence electrons. The molecule has 1 atom stereocenters. The summed E-state index contributed by atoms with van der Waals surface area (Å²) in [5.41, 5.74) is 3.40. The maximum atomic E-state index is 11.9. The summed E-state index contributed by atoms with van der Waals surface area (Å²) in [6.45, 7) is 15.8. The first-order valence-corrected chi connectivity index (χ1v) is 11.1. The van der Waals surface area contributed by atoms with Crippen molar-refractivity contribution in [2.75, 3.05) is 25.0 Å². The summed E-state index contributed by atoms with van der Waals surface area (Å²) in [4.78, 5) is 16.6. The molecule has 2 aromatic rings. The Morgan fingerprint density at radius 2 is 1.88 bits per heavy atom. The van der Waals surface area contributed by atoms with Gasteiger partial charge in [0.05, 0.1) is 5.69 Å². The highest BCUT2D eigenvalue weighted by Gasteiger charge is 2.17. The maximum Gasteiger partial charge on any atom is 0.412 e. The molecule has 0 aliphatic carbocycles. The SMILES string of the molecule is CCNC(=NCC(C)c1c(C)noc1C)NCCc1ccc(NC(=O)OC(C)(C)C)cc1. The van der Waals surface area contributed by atoms with Crippen LogP contribution in [0.3, 0.4) is 0 Å². The molecule has 8 heteroatoms. The Bertz CT molecular complexity index is 878. The van der Waals surface area contributed by atoms with E-state index in [0.717, 1.165) is 48.1 Å². The molecule has 8 nitrogen and oxygen atoms in total. The smallest absolute Gasteiger partial charge is 0.412 e. The van der Waals surface area contributed by atoms with Gasteiger partial charge in [0.15, 0.2) is 5.96 Å². The zero-order valence-electron chi connectivity index (χ0n) is 20.3. The molecule has 0 spiro atoms. The van der Waals surface area contributed by atoms with E-state index in [1.165, 1.54) is 0 Å². The third-order valence-corrected chi connectivity index (χ3v) is 4.75. The van der Waals surface area contributed by atoms with Crippen molar-refractivity contribution in [2.24, 2.45) is 4.99 Å². The predicted molar refractivity (Wildman–Crippen MR) is 128 cm³/mol. The number of rotatable bonds is 8. The minimum Gasteiger partial charge on any atom is -0.444 e. The normalized spacial score (nSPS) is 12.9. The predicted octanol–water partition coefficient (Wildman–Crippen LogP) is 4.54. The van der Waals surface area contributed by atoms with E-state index >= 15 is 0 Å². The van der Waals surface area contributed by atoms with Crippen LogP contribution < -0.4 is 16.0 Å². The Balaban J connectivity index is 1.85. The highest BCUT2D eigenvalue weighted by atomic mass is 16.6. The van der Waals surface area contributed by atoms with Gasteiger partial charge in [-0.15, -0.1) is 0 Å². The van der Waals surface area contributed by atoms with Gasteiger partial charge >= 0.3 is 6.09 Å². The molecular weight excluding hydrogens is 406 g/mol. The van der Waals surface area contributed by atoms with E-state index in [9.17, 15) is 4.79 Å². The number of nitrogens with zero attached hydrogens (tertiary/aromatic N) is 2. The van der Waals surface area contributed by atoms with Gasteiger partial charge in [-0.05, 0) is 65.7 Å². The molecule has 0 fully saturated rings. The van der Waals surface area contributed by atoms with Crippen LogP contribution in [-0.4, -0.2) is 42.4 Å². The van der Waals surface area contributed by atoms with Gasteiger partial charge in [-0.2, -0.15) is 0 Å². The molecule has 1 amide bonds. The number of aromatic nitrogens is 1. The van der Waals surface area contributed by atoms with Gasteiger partial charge in [-0.25, -0.2) is 4.79 Å². The number of carbonyl (C=O) groups is 1. The summed E-state index contributed by atoms with van der Waals surface area (Å²) in [5.74, 6) is 1.86. The Labute approximate surface area is 191 Å². The van der Waals surface area contributed by atoms with E-state index in [1.54, 1.807) is 0 Å². The second-order valence-corrected chi connectivity index (χ2v) is 8.86. The van der Waals surface area contributed by atoms with Crippen LogP contribution in [0.15, 0.2) is 33.8 Å². The van der Waals surface area contributed by atoms with Crippen molar-refractivity contribution >= 4 is 17.7 Å². The van der Waals surface area contributed by atoms with Gasteiger partial charge in [0, 0.05) is 36.8 Å². The van der Waals surface area contributed by atoms with Crippen LogP contribution in [0, 0.1) is 13.8 Å². The number of hydrogen-bond acceptors (Lipinski definition) is 5. The number of amides is 1. The van der Waals surface area contributed by atoms with E-state index in [1.807, 2.05) is 65.8 Å². The summed E-state index contributed by atoms with van der Waals surface area (Å²) in [5, 5.41) is 13.5. The molecule has 1 heterocycles. The monoisotopic (exact) mass is 443 g/mol. The molecule has 3 N–H and O–H groups in total. The van der Waals surface area contributed by atoms with Crippen LogP contribution >= 0.6 is 0 Å². The molecule has 0 saturated carbocycles. The highest BCUT2D eigenvalue weighted by Crippen LogP contribution is 2.23. The molecule has 0 radical (unpaired) electrons. The zero-order valence-corrected chi connectivity index (χ0v) is 20.3. The molecule has 0 saturated heterocycles. The first kappa shape index (κ1) is 25.2. The van der Waals surface area contributed by atoms with Crippen molar-refractivity contribution in [2.45, 2.75) is 66.4 Å². The number of nitrogens with one attached hydrogen (secondary N) is 3. The topological polar surface area (TPSA) is 101 Å². The van der Waals surface area contributed by atoms with Crippen LogP contribution in [0.25, 0.3) is 0 Å². The quantitative estimate of drug-likeness (QED) is 0.409. The Morgan fingerprint density at radius 1 is 1.19 bits per heavy atom. The van der Waals surface area contributed by atoms with Crippen LogP contribution in [0.5, 0.6) is 0 Å². The van der Waals surface area contributed by atoms with Gasteiger partial charge in [-0.1, -0.05) is 24.2 Å². The lowest BCUT2D eigenvalue weighted by Crippen LogP contribution is -2.38. The van der Waals surface area contributed by atoms with E-state index in [-0.39, 0.29) is 5.92 Å². The summed E-state index contributed by atoms with van der Waals surface area (Å²) in [7, 11) is 0. The molecule has 1 aromatic heterocycles. The van der Waals surface area contributed by atoms with Crippen molar-refractivity contribution in [3.8, 4) is 0 Å². The van der Waals surface area contributed by atoms with E-state index in [0.29, 0.717) is 12.2 Å². The third kappa shape index (κ3) is 8.24. The second kappa shape index (κ2) is 11.5. The van der Waals surface area contributed by atoms with Crippen molar-refractivity contribution in [1.82, 2.24) is 15.8 Å². The maximum absolute atomic E-state index is 11.9. The third-order valence-electron chi connectivity index (χ3n) is 4.75. The number of anilines is 1. The molecular formula is C24H37N5O3. The summed E-state index contributed by atoms with van der Waals surface area (Å²) in [6.07, 6.45) is 0.375. The second-order valence-electron chi connectivity index (χ2n) is 8.86. The lowest BCUT2D eigenvalue weighted by atomic mass is 10.00. The van der Waals surface area contributed by atoms with Crippen molar-refractivity contribution in [1.29, 1.82) is 0 Å². The minimum absolute atomic E-state index is 0.224. The van der Waals surface area contributed by atoms with Crippen LogP contribution in [0.4, 0.5) is 10.5 Å². The number of carbonyl (C=O) groups excluding carboxylic acids is 1. The fourth-order valence-corrected chi connectivity index (χ4v) is 3.36. The van der Waals surface area contributed by atoms with Gasteiger partial charge in [-0.3, -0.25) is 10.3 Å². The lowest BCUT2D eigenvalue weighted by molar-refractivity contribution is 0.0636. The Hall–Kier alpha value is -3.03. The average Bonchev–Trinajstić information content (AvgIpc) is 3.04. The van der Waals surface area contributed by atoms with Crippen molar-refractivity contribution in [3.63, 3.8) is 0 Å². The number of aliphatic imine (C=N–C) groups is 1. The summed E-state index contributed by atoms with van der Waals surface area (Å²) in [6, 6.07) is 7.75. The first-order chi connectivity index (χ1) is 15.1. The van der Waals surface area contributed by atoms with Gasteiger partial charge in [0.2, 0.25) is 0 Å². The number of benzene rings is 1. The number of aryl methyl sites for hydroxylation is 2. The summed E-state index contributed by atoms with van der Waals surface area (Å²) >= 11 is 0. The first-order valence-electron chi connectivity index (χ1n) is 11.1. The van der Waals surface area contributed by atoms with Gasteiger partial charge in [0.25, 0.3) is 0 Å². The molecule has 32 heavy (non-hydrogen) atoms. The van der Waals surface area contributed by atoms with Crippen LogP contribution in [0.1, 0.15) is 63.1 Å². The molecule has 2 rings (SSSR count). The summed E-state index contributed by atoms with van der Waals surface area (Å²) < 4.78 is 10.5. The standard InChI is InChI=1S/C24H37N5O3/c1-8-25-22(27-15-16(2)21-17(3)29-32-18(21)4)26-14-13-19-9-11-20(12-10-19)28-23(30)31-24(5,6)7/h9-12,16H,8,13-15H2,1-7H3,(H,28,30)(H2,25,26,27). The van der Waals surface area contributed by atoms with E-state index in [4.69, 9.17) is 14.3 Å². The Kier molecular flexibility index (Phi) is 9.11. The van der Waals surface area contributed by atoms with Gasteiger partial charge < -0.3 is 19.9 Å². The largest absolute Gasteiger partial charge is 0.444 e. The van der Waals surface area contributed by atoms with Crippen LogP contribution in [0.2, 0.25) is 0 Å². The molecule has 1 unspecified atom stereocenters. The fourth-order valence-electron chi connectivity index (χ4n) is 3.36. The highest BCUT2D eigenvalue weighted by molar-refractivity contribution is 5.84. The number of ether oxygens (including phenoxy) is 1. The van der Waals surface area contributed by atoms with E-state index in [2.05, 4.69) is 28.0 Å². The molecule has 0 bridgehead atoms. The minimum atomic E-state index is -0.521. The Morgan fingerprint density at radius 3 is 2.44 bits per heavy atom. The lowest BCUT2D eigenvalue weighted by Gasteiger charge is -2.19. The number of hydrogen-bond donors (Lipinski definition) is 3. The fraction of sp³-hybridized carbons (Fsp3) is 0.542.